The number of nitrogens with zero attached hydrogens (tertiary/aromatic N) is 4. The van der Waals surface area contributed by atoms with Gasteiger partial charge in [0, 0.05) is 30.8 Å². The van der Waals surface area contributed by atoms with Crippen LogP contribution in [0.3, 0.4) is 0 Å². The van der Waals surface area contributed by atoms with E-state index in [0.717, 1.165) is 35.9 Å². The maximum absolute atomic E-state index is 5.78. The van der Waals surface area contributed by atoms with Crippen LogP contribution in [0.2, 0.25) is 0 Å². The van der Waals surface area contributed by atoms with Crippen LogP contribution in [-0.2, 0) is 4.74 Å². The highest BCUT2D eigenvalue weighted by atomic mass is 32.2. The highest BCUT2D eigenvalue weighted by Gasteiger charge is 2.19. The predicted molar refractivity (Wildman–Crippen MR) is 73.9 cm³/mol. The summed E-state index contributed by atoms with van der Waals surface area (Å²) in [5, 5.41) is 5.17. The zero-order valence-electron chi connectivity index (χ0n) is 10.8. The van der Waals surface area contributed by atoms with Gasteiger partial charge < -0.3 is 4.74 Å². The van der Waals surface area contributed by atoms with Crippen molar-refractivity contribution in [3.63, 3.8) is 0 Å². The van der Waals surface area contributed by atoms with Crippen LogP contribution < -0.4 is 0 Å². The molecular formula is C13H16N4OS. The lowest BCUT2D eigenvalue weighted by Gasteiger charge is -2.24. The van der Waals surface area contributed by atoms with Crippen molar-refractivity contribution in [2.45, 2.75) is 30.6 Å². The molecule has 2 aromatic rings. The van der Waals surface area contributed by atoms with Gasteiger partial charge in [-0.1, -0.05) is 11.8 Å². The Labute approximate surface area is 116 Å². The Morgan fingerprint density at radius 1 is 1.32 bits per heavy atom. The van der Waals surface area contributed by atoms with Crippen molar-refractivity contribution in [2.75, 3.05) is 12.9 Å². The molecule has 1 aliphatic rings. The third kappa shape index (κ3) is 2.64. The molecular weight excluding hydrogens is 260 g/mol. The van der Waals surface area contributed by atoms with Crippen molar-refractivity contribution >= 4 is 11.8 Å². The second kappa shape index (κ2) is 5.71. The van der Waals surface area contributed by atoms with E-state index in [-0.39, 0.29) is 6.23 Å². The predicted octanol–water partition coefficient (Wildman–Crippen LogP) is 2.76. The van der Waals surface area contributed by atoms with Crippen LogP contribution in [0.4, 0.5) is 0 Å². The first-order chi connectivity index (χ1) is 9.38. The van der Waals surface area contributed by atoms with Crippen molar-refractivity contribution < 1.29 is 4.74 Å². The summed E-state index contributed by atoms with van der Waals surface area (Å²) < 4.78 is 7.73. The Hall–Kier alpha value is -1.40. The fraction of sp³-hybridized carbons (Fsp3) is 0.462. The topological polar surface area (TPSA) is 52.8 Å². The Balaban J connectivity index is 1.89. The number of ether oxygens (including phenoxy) is 1. The van der Waals surface area contributed by atoms with Gasteiger partial charge in [-0.2, -0.15) is 5.10 Å². The summed E-state index contributed by atoms with van der Waals surface area (Å²) >= 11 is 1.54. The normalized spacial score (nSPS) is 19.5. The molecule has 0 saturated carbocycles. The maximum Gasteiger partial charge on any atom is 0.187 e. The summed E-state index contributed by atoms with van der Waals surface area (Å²) in [6, 6.07) is 1.98. The molecule has 19 heavy (non-hydrogen) atoms. The molecule has 1 aliphatic heterocycles. The van der Waals surface area contributed by atoms with E-state index in [9.17, 15) is 0 Å². The molecule has 0 spiro atoms. The van der Waals surface area contributed by atoms with Gasteiger partial charge >= 0.3 is 0 Å². The Morgan fingerprint density at radius 3 is 2.84 bits per heavy atom. The molecule has 2 aromatic heterocycles. The highest BCUT2D eigenvalue weighted by molar-refractivity contribution is 7.98. The lowest BCUT2D eigenvalue weighted by atomic mass is 10.2. The van der Waals surface area contributed by atoms with E-state index < -0.39 is 0 Å². The highest BCUT2D eigenvalue weighted by Crippen LogP contribution is 2.27. The van der Waals surface area contributed by atoms with Gasteiger partial charge in [0.15, 0.2) is 11.4 Å². The van der Waals surface area contributed by atoms with E-state index in [1.807, 2.05) is 29.4 Å². The van der Waals surface area contributed by atoms with E-state index >= 15 is 0 Å². The summed E-state index contributed by atoms with van der Waals surface area (Å²) in [6.07, 6.45) is 10.8. The summed E-state index contributed by atoms with van der Waals surface area (Å²) in [6.45, 7) is 0.811. The molecule has 100 valence electrons. The van der Waals surface area contributed by atoms with Crippen LogP contribution in [0.25, 0.3) is 11.3 Å². The molecule has 0 aliphatic carbocycles. The summed E-state index contributed by atoms with van der Waals surface area (Å²) in [4.78, 5) is 8.62. The van der Waals surface area contributed by atoms with Crippen molar-refractivity contribution in [1.82, 2.24) is 19.7 Å². The second-order valence-electron chi connectivity index (χ2n) is 4.44. The molecule has 3 rings (SSSR count). The van der Waals surface area contributed by atoms with Gasteiger partial charge in [0.1, 0.15) is 0 Å². The number of hydrogen-bond donors (Lipinski definition) is 0. The SMILES string of the molecule is CSc1ncc(-c2ccnn2C2CCCCO2)cn1. The minimum Gasteiger partial charge on any atom is -0.356 e. The van der Waals surface area contributed by atoms with Crippen LogP contribution in [0.15, 0.2) is 29.8 Å². The van der Waals surface area contributed by atoms with Crippen LogP contribution in [0, 0.1) is 0 Å². The number of thioether (sulfide) groups is 1. The minimum absolute atomic E-state index is 0.0407. The third-order valence-corrected chi connectivity index (χ3v) is 3.78. The van der Waals surface area contributed by atoms with E-state index in [4.69, 9.17) is 4.74 Å². The quantitative estimate of drug-likeness (QED) is 0.637. The average molecular weight is 276 g/mol. The summed E-state index contributed by atoms with van der Waals surface area (Å²) in [5.41, 5.74) is 1.99. The smallest absolute Gasteiger partial charge is 0.187 e. The first-order valence-electron chi connectivity index (χ1n) is 6.40. The Bertz CT molecular complexity index is 534. The molecule has 1 atom stereocenters. The summed E-state index contributed by atoms with van der Waals surface area (Å²) in [7, 11) is 0. The van der Waals surface area contributed by atoms with Gasteiger partial charge in [-0.25, -0.2) is 14.6 Å². The molecule has 0 radical (unpaired) electrons. The van der Waals surface area contributed by atoms with E-state index in [1.54, 1.807) is 6.20 Å². The number of hydrogen-bond acceptors (Lipinski definition) is 5. The molecule has 3 heterocycles. The van der Waals surface area contributed by atoms with Crippen molar-refractivity contribution in [3.05, 3.63) is 24.7 Å². The Kier molecular flexibility index (Phi) is 3.79. The number of aromatic nitrogens is 4. The van der Waals surface area contributed by atoms with E-state index in [2.05, 4.69) is 15.1 Å². The van der Waals surface area contributed by atoms with Gasteiger partial charge in [-0.3, -0.25) is 0 Å². The van der Waals surface area contributed by atoms with Crippen LogP contribution in [0.1, 0.15) is 25.5 Å². The average Bonchev–Trinajstić information content (AvgIpc) is 2.98. The second-order valence-corrected chi connectivity index (χ2v) is 5.21. The molecule has 5 nitrogen and oxygen atoms in total. The largest absolute Gasteiger partial charge is 0.356 e. The molecule has 0 aromatic carbocycles. The molecule has 1 saturated heterocycles. The molecule has 1 unspecified atom stereocenters. The fourth-order valence-corrected chi connectivity index (χ4v) is 2.56. The maximum atomic E-state index is 5.78. The lowest BCUT2D eigenvalue weighted by molar-refractivity contribution is -0.0383. The summed E-state index contributed by atoms with van der Waals surface area (Å²) in [5.74, 6) is 0. The lowest BCUT2D eigenvalue weighted by Crippen LogP contribution is -2.19. The molecule has 0 bridgehead atoms. The molecule has 0 N–H and O–H groups in total. The van der Waals surface area contributed by atoms with Crippen molar-refractivity contribution in [2.24, 2.45) is 0 Å². The zero-order valence-corrected chi connectivity index (χ0v) is 11.6. The standard InChI is InChI=1S/C13H16N4OS/c1-19-13-14-8-10(9-15-13)11-5-6-16-17(11)12-4-2-3-7-18-12/h5-6,8-9,12H,2-4,7H2,1H3. The Morgan fingerprint density at radius 2 is 2.16 bits per heavy atom. The third-order valence-electron chi connectivity index (χ3n) is 3.21. The van der Waals surface area contributed by atoms with E-state index in [1.165, 1.54) is 18.2 Å². The van der Waals surface area contributed by atoms with Gasteiger partial charge in [-0.05, 0) is 31.6 Å². The first kappa shape index (κ1) is 12.6. The minimum atomic E-state index is 0.0407. The van der Waals surface area contributed by atoms with Crippen molar-refractivity contribution in [1.29, 1.82) is 0 Å². The van der Waals surface area contributed by atoms with Gasteiger partial charge in [0.25, 0.3) is 0 Å². The first-order valence-corrected chi connectivity index (χ1v) is 7.62. The van der Waals surface area contributed by atoms with E-state index in [0.29, 0.717) is 0 Å². The molecule has 6 heteroatoms. The van der Waals surface area contributed by atoms with Crippen LogP contribution in [-0.4, -0.2) is 32.6 Å². The monoisotopic (exact) mass is 276 g/mol. The fourth-order valence-electron chi connectivity index (χ4n) is 2.24. The van der Waals surface area contributed by atoms with Crippen LogP contribution in [0.5, 0.6) is 0 Å². The number of rotatable bonds is 3. The van der Waals surface area contributed by atoms with Gasteiger partial charge in [0.05, 0.1) is 5.69 Å². The zero-order chi connectivity index (χ0) is 13.1. The van der Waals surface area contributed by atoms with Crippen LogP contribution >= 0.6 is 11.8 Å². The van der Waals surface area contributed by atoms with Gasteiger partial charge in [-0.15, -0.1) is 0 Å². The molecule has 0 amide bonds. The molecule has 1 fully saturated rings. The van der Waals surface area contributed by atoms with Gasteiger partial charge in [0.2, 0.25) is 0 Å². The van der Waals surface area contributed by atoms with Crippen molar-refractivity contribution in [3.8, 4) is 11.3 Å².